The van der Waals surface area contributed by atoms with E-state index in [0.29, 0.717) is 25.2 Å². The molecule has 1 aliphatic rings. The summed E-state index contributed by atoms with van der Waals surface area (Å²) in [5, 5.41) is 8.20. The zero-order chi connectivity index (χ0) is 66.8. The summed E-state index contributed by atoms with van der Waals surface area (Å²) in [6.07, 6.45) is -3.77. The van der Waals surface area contributed by atoms with Crippen molar-refractivity contribution in [1.29, 1.82) is 5.26 Å². The van der Waals surface area contributed by atoms with E-state index in [4.69, 9.17) is 5.26 Å². The third kappa shape index (κ3) is 30.9. The molecule has 1 aliphatic heterocycles. The van der Waals surface area contributed by atoms with Crippen LogP contribution in [0, 0.1) is 84.6 Å². The summed E-state index contributed by atoms with van der Waals surface area (Å²) in [6, 6.07) is 13.2. The first-order valence-electron chi connectivity index (χ1n) is 23.3. The summed E-state index contributed by atoms with van der Waals surface area (Å²) in [4.78, 5) is 0.756. The molecule has 0 radical (unpaired) electrons. The van der Waals surface area contributed by atoms with Crippen molar-refractivity contribution >= 4 is 139 Å². The Bertz CT molecular complexity index is 3240. The lowest BCUT2D eigenvalue weighted by Crippen LogP contribution is -2.39. The van der Waals surface area contributed by atoms with Crippen molar-refractivity contribution in [3.63, 3.8) is 0 Å². The van der Waals surface area contributed by atoms with Crippen molar-refractivity contribution in [2.24, 2.45) is 0 Å². The van der Waals surface area contributed by atoms with Crippen LogP contribution in [0.2, 0.25) is 39.3 Å². The summed E-state index contributed by atoms with van der Waals surface area (Å²) in [7, 11) is -3.48. The molecule has 0 N–H and O–H groups in total. The fraction of sp³-hybridized carbons (Fsp3) is 0.250. The molecule has 9 aromatic rings. The van der Waals surface area contributed by atoms with Crippen molar-refractivity contribution < 1.29 is 96.6 Å². The number of nitrogens with zero attached hydrogens (tertiary/aromatic N) is 1. The normalized spacial score (nSPS) is 12.6. The lowest BCUT2D eigenvalue weighted by Gasteiger charge is -2.14. The molecule has 0 unspecified atom stereocenters. The minimum atomic E-state index is -4.44. The quantitative estimate of drug-likeness (QED) is 0.127. The fourth-order valence-electron chi connectivity index (χ4n) is 4.87. The van der Waals surface area contributed by atoms with Gasteiger partial charge in [-0.05, 0) is 94.5 Å². The van der Waals surface area contributed by atoms with Crippen LogP contribution in [-0.4, -0.2) is 26.7 Å². The minimum Gasteiger partial charge on any atom is -0.206 e. The highest BCUT2D eigenvalue weighted by Crippen LogP contribution is 2.58. The smallest absolute Gasteiger partial charge is 0.206 e. The molecule has 35 heteroatoms. The van der Waals surface area contributed by atoms with Crippen molar-refractivity contribution in [2.75, 3.05) is 0 Å². The first-order valence-corrected chi connectivity index (χ1v) is 38.9. The number of nitriles is 1. The Balaban J connectivity index is 0.000000489. The Labute approximate surface area is 527 Å². The topological polar surface area (TPSA) is 23.8 Å². The van der Waals surface area contributed by atoms with Crippen LogP contribution in [0.5, 0.6) is 0 Å². The molecule has 480 valence electrons. The van der Waals surface area contributed by atoms with E-state index in [-0.39, 0.29) is 20.7 Å². The van der Waals surface area contributed by atoms with Gasteiger partial charge in [-0.25, -0.2) is 57.1 Å². The molecular weight excluding hydrogens is 1430 g/mol. The van der Waals surface area contributed by atoms with Crippen LogP contribution in [0.4, 0.5) is 96.6 Å². The number of alkyl halides is 8. The van der Waals surface area contributed by atoms with Gasteiger partial charge in [-0.3, -0.25) is 0 Å². The van der Waals surface area contributed by atoms with Crippen LogP contribution in [0.25, 0.3) is 0 Å². The van der Waals surface area contributed by atoms with Gasteiger partial charge in [-0.15, -0.1) is 79.4 Å². The van der Waals surface area contributed by atoms with Gasteiger partial charge in [0.25, 0.3) is 12.9 Å². The van der Waals surface area contributed by atoms with E-state index in [1.54, 1.807) is 22.2 Å². The number of thiophene rings is 9. The van der Waals surface area contributed by atoms with Crippen LogP contribution in [0.3, 0.4) is 0 Å². The van der Waals surface area contributed by atoms with Gasteiger partial charge < -0.3 is 0 Å². The largest absolute Gasteiger partial charge is 0.353 e. The first kappa shape index (κ1) is 80.8. The minimum absolute atomic E-state index is 0.139. The van der Waals surface area contributed by atoms with E-state index in [0.717, 1.165) is 126 Å². The number of hydrogen-bond acceptors (Lipinski definition) is 11. The predicted molar refractivity (Wildman–Crippen MR) is 320 cm³/mol. The van der Waals surface area contributed by atoms with Gasteiger partial charge in [0.2, 0.25) is 16.8 Å². The Kier molecular flexibility index (Phi) is 35.7. The average Bonchev–Trinajstić information content (AvgIpc) is 1.71. The summed E-state index contributed by atoms with van der Waals surface area (Å²) in [5.41, 5.74) is 1.91. The van der Waals surface area contributed by atoms with Crippen LogP contribution < -0.4 is 9.00 Å². The highest BCUT2D eigenvalue weighted by atomic mass is 32.2. The molecule has 1 nitrogen and oxygen atoms in total. The molecule has 0 aliphatic carbocycles. The zero-order valence-electron chi connectivity index (χ0n) is 45.5. The lowest BCUT2D eigenvalue weighted by atomic mass is 10.2. The Morgan fingerprint density at radius 3 is 1.14 bits per heavy atom. The van der Waals surface area contributed by atoms with Crippen LogP contribution in [0.1, 0.15) is 45.5 Å². The third-order valence-electron chi connectivity index (χ3n) is 8.77. The molecule has 0 spiro atoms. The molecule has 10 heterocycles. The van der Waals surface area contributed by atoms with Crippen LogP contribution >= 0.6 is 114 Å². The van der Waals surface area contributed by atoms with Gasteiger partial charge in [0, 0.05) is 48.3 Å². The lowest BCUT2D eigenvalue weighted by molar-refractivity contribution is 0.118. The Hall–Kier alpha value is -4.23. The van der Waals surface area contributed by atoms with Gasteiger partial charge in [0.15, 0.2) is 49.6 Å². The molecule has 0 saturated heterocycles. The molecular formula is C52H45F22NS10Si2. The van der Waals surface area contributed by atoms with E-state index < -0.39 is 118 Å². The van der Waals surface area contributed by atoms with Gasteiger partial charge in [0.1, 0.15) is 22.6 Å². The molecule has 0 bridgehead atoms. The van der Waals surface area contributed by atoms with Gasteiger partial charge in [0.05, 0.1) is 25.9 Å². The summed E-state index contributed by atoms with van der Waals surface area (Å²) < 4.78 is 265. The van der Waals surface area contributed by atoms with Crippen molar-refractivity contribution in [3.05, 3.63) is 201 Å². The number of aryl methyl sites for hydroxylation is 2. The summed E-state index contributed by atoms with van der Waals surface area (Å²) in [6.45, 7) is 16.1. The van der Waals surface area contributed by atoms with Crippen molar-refractivity contribution in [3.8, 4) is 6.07 Å². The number of hydrogen-bond donors (Lipinski definition) is 0. The maximum absolute atomic E-state index is 13.7. The standard InChI is InChI=1S/C10H18F2SSi2.C7H8F2S.C6H6F2S.C5H2FNS.C4F6S.4C4H2F2S.C4H3FS/c1-14(2,3)9-7(11)8(12)10(13-9)15(4,5)6;1-2-5-3-6(7(8)9)10-4-5;1-4-2-5(6(7)8)9-3-4;6-5-2-1-4(3-7)8-5;5-1-2(6)4(9,10)11-3(1,7)8;5-3-1-7-2-4(3)6;5-3-1-4(6)7-2-3;5-3-1-2-7-4(3)6;5-3-1-2-4(6)7-3;5-4-1-2-6-3-4/h1-6H3;3-4,7H,2H2,1H3;2-3,6H,1H3;1-2H;;4*1-2H;1-3H. The number of rotatable bonds is 5. The SMILES string of the molecule is CCc1csc(C(F)F)c1.C[Si](C)(C)c1sc([Si](C)(C)C)c(F)c1F.Cc1csc(C(F)F)c1.FC1=C(F)C(F)(F)SC1(F)F.Fc1ccc(F)s1.Fc1ccsc1.Fc1ccsc1F.Fc1csc(F)c1.Fc1cscc1F.N#Cc1ccc(F)s1. The molecule has 87 heavy (non-hydrogen) atoms. The van der Waals surface area contributed by atoms with E-state index in [9.17, 15) is 96.6 Å². The van der Waals surface area contributed by atoms with Gasteiger partial charge in [-0.2, -0.15) is 44.8 Å². The molecule has 0 atom stereocenters. The summed E-state index contributed by atoms with van der Waals surface area (Å²) >= 11 is 7.54. The third-order valence-corrected chi connectivity index (χ3v) is 24.0. The molecule has 0 aromatic carbocycles. The monoisotopic (exact) mass is 1480 g/mol. The van der Waals surface area contributed by atoms with Gasteiger partial charge in [-0.1, -0.05) is 68.9 Å². The van der Waals surface area contributed by atoms with E-state index >= 15 is 0 Å². The average molecular weight is 1480 g/mol. The van der Waals surface area contributed by atoms with E-state index in [1.165, 1.54) is 57.7 Å². The molecule has 0 fully saturated rings. The summed E-state index contributed by atoms with van der Waals surface area (Å²) in [5.74, 6) is -9.43. The zero-order valence-corrected chi connectivity index (χ0v) is 55.7. The van der Waals surface area contributed by atoms with Crippen molar-refractivity contribution in [2.45, 2.75) is 82.9 Å². The molecule has 10 rings (SSSR count). The van der Waals surface area contributed by atoms with Crippen molar-refractivity contribution in [1.82, 2.24) is 0 Å². The molecule has 0 saturated carbocycles. The second-order valence-corrected chi connectivity index (χ2v) is 38.0. The second kappa shape index (κ2) is 38.5. The predicted octanol–water partition coefficient (Wildman–Crippen LogP) is 24.2. The maximum Gasteiger partial charge on any atom is 0.353 e. The van der Waals surface area contributed by atoms with E-state index in [1.807, 2.05) is 19.9 Å². The highest BCUT2D eigenvalue weighted by molar-refractivity contribution is 8.02. The fourth-order valence-corrected chi connectivity index (χ4v) is 15.6. The number of thioether (sulfide) groups is 1. The molecule has 9 aromatic heterocycles. The second-order valence-electron chi connectivity index (χ2n) is 17.9. The first-order chi connectivity index (χ1) is 40.2. The Morgan fingerprint density at radius 1 is 0.483 bits per heavy atom. The number of halogens is 22. The van der Waals surface area contributed by atoms with Gasteiger partial charge >= 0.3 is 10.5 Å². The highest BCUT2D eigenvalue weighted by Gasteiger charge is 2.61. The maximum atomic E-state index is 13.7. The van der Waals surface area contributed by atoms with E-state index in [2.05, 4.69) is 39.3 Å². The van der Waals surface area contributed by atoms with Crippen LogP contribution in [-0.2, 0) is 6.42 Å². The Morgan fingerprint density at radius 2 is 0.966 bits per heavy atom. The molecule has 0 amide bonds. The van der Waals surface area contributed by atoms with Crippen LogP contribution in [0.15, 0.2) is 109 Å².